The SMILES string of the molecule is CCNC(=O)C(=O)NC[C@H](c1ccc(N(C)C)cc1)S(=O)(=O)c1ccc(F)cc1. The van der Waals surface area contributed by atoms with Crippen molar-refractivity contribution >= 4 is 27.3 Å². The lowest BCUT2D eigenvalue weighted by Gasteiger charge is -2.20. The maximum Gasteiger partial charge on any atom is 0.309 e. The van der Waals surface area contributed by atoms with E-state index >= 15 is 0 Å². The van der Waals surface area contributed by atoms with Crippen molar-refractivity contribution in [1.82, 2.24) is 10.6 Å². The molecule has 2 N–H and O–H groups in total. The molecule has 0 aliphatic heterocycles. The fourth-order valence-corrected chi connectivity index (χ4v) is 4.35. The quantitative estimate of drug-likeness (QED) is 0.524. The zero-order valence-corrected chi connectivity index (χ0v) is 17.3. The van der Waals surface area contributed by atoms with Crippen LogP contribution in [0, 0.1) is 5.82 Å². The molecule has 9 heteroatoms. The molecule has 0 aliphatic rings. The van der Waals surface area contributed by atoms with Gasteiger partial charge in [0, 0.05) is 32.9 Å². The number of rotatable bonds is 7. The number of amides is 2. The molecular weight excluding hydrogens is 397 g/mol. The molecule has 0 aliphatic carbocycles. The van der Waals surface area contributed by atoms with Crippen LogP contribution in [-0.4, -0.2) is 47.4 Å². The molecule has 0 heterocycles. The second-order valence-electron chi connectivity index (χ2n) is 6.54. The molecule has 0 radical (unpaired) electrons. The number of halogens is 1. The number of sulfone groups is 1. The van der Waals surface area contributed by atoms with E-state index < -0.39 is 32.7 Å². The molecule has 2 rings (SSSR count). The molecule has 0 spiro atoms. The van der Waals surface area contributed by atoms with Crippen molar-refractivity contribution in [1.29, 1.82) is 0 Å². The first kappa shape index (κ1) is 22.4. The van der Waals surface area contributed by atoms with E-state index in [-0.39, 0.29) is 18.0 Å². The second-order valence-corrected chi connectivity index (χ2v) is 8.67. The maximum atomic E-state index is 13.2. The Morgan fingerprint density at radius 2 is 1.52 bits per heavy atom. The summed E-state index contributed by atoms with van der Waals surface area (Å²) in [7, 11) is -0.253. The summed E-state index contributed by atoms with van der Waals surface area (Å²) in [5, 5.41) is 3.58. The van der Waals surface area contributed by atoms with Crippen molar-refractivity contribution in [3.63, 3.8) is 0 Å². The molecule has 2 aromatic rings. The number of nitrogens with one attached hydrogen (secondary N) is 2. The summed E-state index contributed by atoms with van der Waals surface area (Å²) in [5.74, 6) is -2.31. The molecule has 1 atom stereocenters. The van der Waals surface area contributed by atoms with Crippen molar-refractivity contribution in [2.45, 2.75) is 17.1 Å². The molecule has 2 aromatic carbocycles. The predicted octanol–water partition coefficient (Wildman–Crippen LogP) is 1.66. The van der Waals surface area contributed by atoms with Crippen LogP contribution in [0.5, 0.6) is 0 Å². The van der Waals surface area contributed by atoms with Crippen molar-refractivity contribution in [2.75, 3.05) is 32.1 Å². The molecular formula is C20H24FN3O4S. The Morgan fingerprint density at radius 3 is 2.03 bits per heavy atom. The topological polar surface area (TPSA) is 95.6 Å². The van der Waals surface area contributed by atoms with Gasteiger partial charge in [-0.3, -0.25) is 9.59 Å². The largest absolute Gasteiger partial charge is 0.378 e. The van der Waals surface area contributed by atoms with E-state index in [4.69, 9.17) is 0 Å². The van der Waals surface area contributed by atoms with Gasteiger partial charge in [0.15, 0.2) is 9.84 Å². The van der Waals surface area contributed by atoms with E-state index in [2.05, 4.69) is 10.6 Å². The third-order valence-corrected chi connectivity index (χ3v) is 6.41. The smallest absolute Gasteiger partial charge is 0.309 e. The van der Waals surface area contributed by atoms with Crippen LogP contribution in [0.3, 0.4) is 0 Å². The number of carbonyl (C=O) groups excluding carboxylic acids is 2. The second kappa shape index (κ2) is 9.51. The number of hydrogen-bond acceptors (Lipinski definition) is 5. The summed E-state index contributed by atoms with van der Waals surface area (Å²) in [4.78, 5) is 25.4. The van der Waals surface area contributed by atoms with E-state index in [9.17, 15) is 22.4 Å². The summed E-state index contributed by atoms with van der Waals surface area (Å²) < 4.78 is 39.6. The van der Waals surface area contributed by atoms with Gasteiger partial charge in [0.1, 0.15) is 11.1 Å². The Labute approximate surface area is 169 Å². The van der Waals surface area contributed by atoms with E-state index in [1.807, 2.05) is 19.0 Å². The Hall–Kier alpha value is -2.94. The Morgan fingerprint density at radius 1 is 0.966 bits per heavy atom. The third kappa shape index (κ3) is 5.54. The van der Waals surface area contributed by atoms with Gasteiger partial charge in [-0.2, -0.15) is 0 Å². The van der Waals surface area contributed by atoms with E-state index in [1.165, 1.54) is 12.1 Å². The van der Waals surface area contributed by atoms with Crippen LogP contribution in [0.1, 0.15) is 17.7 Å². The van der Waals surface area contributed by atoms with Gasteiger partial charge in [-0.05, 0) is 48.9 Å². The fraction of sp³-hybridized carbons (Fsp3) is 0.300. The van der Waals surface area contributed by atoms with Crippen LogP contribution in [0.2, 0.25) is 0 Å². The maximum absolute atomic E-state index is 13.2. The van der Waals surface area contributed by atoms with Crippen LogP contribution < -0.4 is 15.5 Å². The third-order valence-electron chi connectivity index (χ3n) is 4.29. The first-order valence-electron chi connectivity index (χ1n) is 8.99. The number of hydrogen-bond donors (Lipinski definition) is 2. The van der Waals surface area contributed by atoms with Crippen LogP contribution in [0.25, 0.3) is 0 Å². The molecule has 0 saturated carbocycles. The van der Waals surface area contributed by atoms with Gasteiger partial charge in [0.2, 0.25) is 0 Å². The first-order valence-corrected chi connectivity index (χ1v) is 10.5. The highest BCUT2D eigenvalue weighted by Crippen LogP contribution is 2.30. The molecule has 0 bridgehead atoms. The Kier molecular flexibility index (Phi) is 7.33. The van der Waals surface area contributed by atoms with Crippen LogP contribution in [0.4, 0.5) is 10.1 Å². The van der Waals surface area contributed by atoms with Crippen LogP contribution in [-0.2, 0) is 19.4 Å². The zero-order valence-electron chi connectivity index (χ0n) is 16.5. The minimum Gasteiger partial charge on any atom is -0.378 e. The fourth-order valence-electron chi connectivity index (χ4n) is 2.69. The number of anilines is 1. The van der Waals surface area contributed by atoms with Crippen LogP contribution in [0.15, 0.2) is 53.4 Å². The van der Waals surface area contributed by atoms with Gasteiger partial charge >= 0.3 is 11.8 Å². The predicted molar refractivity (Wildman–Crippen MR) is 109 cm³/mol. The van der Waals surface area contributed by atoms with Crippen molar-refractivity contribution in [2.24, 2.45) is 0 Å². The number of carbonyl (C=O) groups is 2. The number of likely N-dealkylation sites (N-methyl/N-ethyl adjacent to an activating group) is 1. The van der Waals surface area contributed by atoms with Gasteiger partial charge in [-0.25, -0.2) is 12.8 Å². The molecule has 0 saturated heterocycles. The summed E-state index contributed by atoms with van der Waals surface area (Å²) in [6.45, 7) is 1.63. The summed E-state index contributed by atoms with van der Waals surface area (Å²) in [6, 6.07) is 11.3. The van der Waals surface area contributed by atoms with Crippen LogP contribution >= 0.6 is 0 Å². The van der Waals surface area contributed by atoms with Crippen molar-refractivity contribution in [3.8, 4) is 0 Å². The molecule has 7 nitrogen and oxygen atoms in total. The van der Waals surface area contributed by atoms with Gasteiger partial charge in [0.25, 0.3) is 0 Å². The normalized spacial score (nSPS) is 12.1. The summed E-state index contributed by atoms with van der Waals surface area (Å²) >= 11 is 0. The molecule has 156 valence electrons. The van der Waals surface area contributed by atoms with Crippen molar-refractivity contribution < 1.29 is 22.4 Å². The highest BCUT2D eigenvalue weighted by atomic mass is 32.2. The standard InChI is InChI=1S/C20H24FN3O4S/c1-4-22-19(25)20(26)23-13-18(14-5-9-16(10-6-14)24(2)3)29(27,28)17-11-7-15(21)8-12-17/h5-12,18H,4,13H2,1-3H3,(H,22,25)(H,23,26)/t18-/m1/s1. The molecule has 0 fully saturated rings. The minimum atomic E-state index is -3.96. The molecule has 29 heavy (non-hydrogen) atoms. The minimum absolute atomic E-state index is 0.0761. The molecule has 0 unspecified atom stereocenters. The lowest BCUT2D eigenvalue weighted by molar-refractivity contribution is -0.139. The Bertz CT molecular complexity index is 958. The highest BCUT2D eigenvalue weighted by Gasteiger charge is 2.30. The average molecular weight is 421 g/mol. The van der Waals surface area contributed by atoms with Gasteiger partial charge in [-0.1, -0.05) is 12.1 Å². The molecule has 2 amide bonds. The first-order chi connectivity index (χ1) is 13.7. The van der Waals surface area contributed by atoms with E-state index in [0.717, 1.165) is 17.8 Å². The zero-order chi connectivity index (χ0) is 21.6. The summed E-state index contributed by atoms with van der Waals surface area (Å²) in [5.41, 5.74) is 1.31. The van der Waals surface area contributed by atoms with E-state index in [1.54, 1.807) is 31.2 Å². The molecule has 0 aromatic heterocycles. The van der Waals surface area contributed by atoms with E-state index in [0.29, 0.717) is 5.56 Å². The van der Waals surface area contributed by atoms with Gasteiger partial charge in [-0.15, -0.1) is 0 Å². The number of nitrogens with zero attached hydrogens (tertiary/aromatic N) is 1. The monoisotopic (exact) mass is 421 g/mol. The summed E-state index contributed by atoms with van der Waals surface area (Å²) in [6.07, 6.45) is 0. The lowest BCUT2D eigenvalue weighted by Crippen LogP contribution is -2.42. The van der Waals surface area contributed by atoms with Gasteiger partial charge < -0.3 is 15.5 Å². The van der Waals surface area contributed by atoms with Crippen molar-refractivity contribution in [3.05, 3.63) is 59.9 Å². The average Bonchev–Trinajstić information content (AvgIpc) is 2.68. The highest BCUT2D eigenvalue weighted by molar-refractivity contribution is 7.91. The van der Waals surface area contributed by atoms with Gasteiger partial charge in [0.05, 0.1) is 4.90 Å². The Balaban J connectivity index is 2.38. The number of benzene rings is 2. The lowest BCUT2D eigenvalue weighted by atomic mass is 10.1.